The van der Waals surface area contributed by atoms with Gasteiger partial charge in [0.25, 0.3) is 0 Å². The Labute approximate surface area is 123 Å². The second kappa shape index (κ2) is 6.26. The van der Waals surface area contributed by atoms with E-state index >= 15 is 0 Å². The third kappa shape index (κ3) is 3.42. The van der Waals surface area contributed by atoms with Gasteiger partial charge in [0.05, 0.1) is 0 Å². The van der Waals surface area contributed by atoms with Gasteiger partial charge in [-0.05, 0) is 44.5 Å². The van der Waals surface area contributed by atoms with E-state index in [9.17, 15) is 8.78 Å². The first-order chi connectivity index (χ1) is 9.92. The van der Waals surface area contributed by atoms with Crippen LogP contribution in [0.5, 0.6) is 0 Å². The van der Waals surface area contributed by atoms with E-state index in [0.29, 0.717) is 11.4 Å². The maximum atomic E-state index is 13.3. The molecule has 0 aliphatic rings. The number of rotatable bonds is 4. The van der Waals surface area contributed by atoms with Crippen LogP contribution in [0.4, 0.5) is 8.78 Å². The zero-order valence-electron chi connectivity index (χ0n) is 12.7. The van der Waals surface area contributed by atoms with Crippen LogP contribution < -0.4 is 5.32 Å². The Balaban J connectivity index is 2.48. The lowest BCUT2D eigenvalue weighted by molar-refractivity contribution is 0.584. The van der Waals surface area contributed by atoms with Gasteiger partial charge in [-0.1, -0.05) is 6.92 Å². The maximum Gasteiger partial charge on any atom is 0.159 e. The molecule has 5 heteroatoms. The molecule has 0 radical (unpaired) electrons. The Morgan fingerprint density at radius 1 is 1.05 bits per heavy atom. The number of halogens is 2. The lowest BCUT2D eigenvalue weighted by atomic mass is 9.98. The largest absolute Gasteiger partial charge is 0.319 e. The molecule has 2 aromatic rings. The van der Waals surface area contributed by atoms with Crippen LogP contribution in [0.2, 0.25) is 0 Å². The second-order valence-electron chi connectivity index (χ2n) is 5.25. The lowest BCUT2D eigenvalue weighted by Crippen LogP contribution is -2.17. The van der Waals surface area contributed by atoms with Crippen LogP contribution in [-0.4, -0.2) is 23.6 Å². The second-order valence-corrected chi connectivity index (χ2v) is 5.25. The molecule has 0 fully saturated rings. The summed E-state index contributed by atoms with van der Waals surface area (Å²) in [5.41, 5.74) is 3.10. The summed E-state index contributed by atoms with van der Waals surface area (Å²) < 4.78 is 26.6. The Kier molecular flexibility index (Phi) is 4.63. The molecule has 1 unspecified atom stereocenters. The highest BCUT2D eigenvalue weighted by atomic mass is 19.1. The first kappa shape index (κ1) is 15.5. The molecule has 0 aliphatic heterocycles. The molecule has 1 atom stereocenters. The van der Waals surface area contributed by atoms with Crippen molar-refractivity contribution in [3.8, 4) is 11.4 Å². The summed E-state index contributed by atoms with van der Waals surface area (Å²) in [6.07, 6.45) is 0. The van der Waals surface area contributed by atoms with Crippen LogP contribution in [0.3, 0.4) is 0 Å². The van der Waals surface area contributed by atoms with E-state index in [1.54, 1.807) is 0 Å². The molecule has 3 nitrogen and oxygen atoms in total. The fraction of sp³-hybridized carbons (Fsp3) is 0.375. The van der Waals surface area contributed by atoms with Crippen molar-refractivity contribution in [2.75, 3.05) is 13.6 Å². The van der Waals surface area contributed by atoms with Crippen LogP contribution in [0.15, 0.2) is 18.2 Å². The third-order valence-corrected chi connectivity index (χ3v) is 3.45. The van der Waals surface area contributed by atoms with Gasteiger partial charge in [-0.25, -0.2) is 18.7 Å². The standard InChI is InChI=1S/C16H19F2N3/c1-9(8-19-4)15-10(2)20-16(21-11(15)3)12-5-13(17)7-14(18)6-12/h5-7,9,19H,8H2,1-4H3. The minimum absolute atomic E-state index is 0.272. The molecule has 0 bridgehead atoms. The number of benzene rings is 1. The molecule has 1 N–H and O–H groups in total. The normalized spacial score (nSPS) is 12.5. The minimum atomic E-state index is -0.628. The summed E-state index contributed by atoms with van der Waals surface area (Å²) in [5, 5.41) is 3.13. The van der Waals surface area contributed by atoms with E-state index in [0.717, 1.165) is 29.6 Å². The van der Waals surface area contributed by atoms with Crippen LogP contribution in [0, 0.1) is 25.5 Å². The molecule has 1 heterocycles. The predicted octanol–water partition coefficient (Wildman–Crippen LogP) is 3.36. The van der Waals surface area contributed by atoms with Crippen molar-refractivity contribution < 1.29 is 8.78 Å². The van der Waals surface area contributed by atoms with E-state index < -0.39 is 11.6 Å². The fourth-order valence-electron chi connectivity index (χ4n) is 2.66. The van der Waals surface area contributed by atoms with Gasteiger partial charge in [0, 0.05) is 29.6 Å². The Bertz CT molecular complexity index is 613. The van der Waals surface area contributed by atoms with E-state index in [1.807, 2.05) is 20.9 Å². The summed E-state index contributed by atoms with van der Waals surface area (Å²) in [6, 6.07) is 3.33. The summed E-state index contributed by atoms with van der Waals surface area (Å²) in [6.45, 7) is 6.71. The van der Waals surface area contributed by atoms with Gasteiger partial charge in [-0.3, -0.25) is 0 Å². The highest BCUT2D eigenvalue weighted by Crippen LogP contribution is 2.25. The molecule has 2 rings (SSSR count). The van der Waals surface area contributed by atoms with E-state index in [4.69, 9.17) is 0 Å². The van der Waals surface area contributed by atoms with Crippen LogP contribution >= 0.6 is 0 Å². The van der Waals surface area contributed by atoms with Crippen molar-refractivity contribution in [2.45, 2.75) is 26.7 Å². The minimum Gasteiger partial charge on any atom is -0.319 e. The van der Waals surface area contributed by atoms with Gasteiger partial charge in [-0.2, -0.15) is 0 Å². The van der Waals surface area contributed by atoms with Gasteiger partial charge in [0.2, 0.25) is 0 Å². The quantitative estimate of drug-likeness (QED) is 0.938. The molecule has 0 aliphatic carbocycles. The molecule has 21 heavy (non-hydrogen) atoms. The van der Waals surface area contributed by atoms with Crippen molar-refractivity contribution in [3.63, 3.8) is 0 Å². The van der Waals surface area contributed by atoms with Gasteiger partial charge in [0.1, 0.15) is 11.6 Å². The molecule has 1 aromatic carbocycles. The summed E-state index contributed by atoms with van der Waals surface area (Å²) in [5.74, 6) is -0.634. The van der Waals surface area contributed by atoms with Crippen molar-refractivity contribution >= 4 is 0 Å². The Morgan fingerprint density at radius 3 is 2.05 bits per heavy atom. The molecule has 112 valence electrons. The average molecular weight is 291 g/mol. The summed E-state index contributed by atoms with van der Waals surface area (Å²) in [7, 11) is 1.89. The highest BCUT2D eigenvalue weighted by Gasteiger charge is 2.16. The van der Waals surface area contributed by atoms with Crippen LogP contribution in [0.25, 0.3) is 11.4 Å². The molecule has 1 aromatic heterocycles. The van der Waals surface area contributed by atoms with Gasteiger partial charge in [0.15, 0.2) is 5.82 Å². The van der Waals surface area contributed by atoms with Gasteiger partial charge >= 0.3 is 0 Å². The predicted molar refractivity (Wildman–Crippen MR) is 79.2 cm³/mol. The van der Waals surface area contributed by atoms with Crippen LogP contribution in [-0.2, 0) is 0 Å². The van der Waals surface area contributed by atoms with Crippen molar-refractivity contribution in [3.05, 3.63) is 46.8 Å². The number of hydrogen-bond donors (Lipinski definition) is 1. The molecule has 0 spiro atoms. The van der Waals surface area contributed by atoms with E-state index in [1.165, 1.54) is 12.1 Å². The number of nitrogens with one attached hydrogen (secondary N) is 1. The molecular weight excluding hydrogens is 272 g/mol. The lowest BCUT2D eigenvalue weighted by Gasteiger charge is -2.17. The first-order valence-electron chi connectivity index (χ1n) is 6.88. The molecule has 0 saturated carbocycles. The van der Waals surface area contributed by atoms with Crippen LogP contribution in [0.1, 0.15) is 29.8 Å². The zero-order valence-corrected chi connectivity index (χ0v) is 12.7. The smallest absolute Gasteiger partial charge is 0.159 e. The SMILES string of the molecule is CNCC(C)c1c(C)nc(-c2cc(F)cc(F)c2)nc1C. The average Bonchev–Trinajstić information content (AvgIpc) is 2.36. The van der Waals surface area contributed by atoms with Crippen molar-refractivity contribution in [1.82, 2.24) is 15.3 Å². The number of hydrogen-bond acceptors (Lipinski definition) is 3. The fourth-order valence-corrected chi connectivity index (χ4v) is 2.66. The first-order valence-corrected chi connectivity index (χ1v) is 6.88. The van der Waals surface area contributed by atoms with E-state index in [-0.39, 0.29) is 5.92 Å². The topological polar surface area (TPSA) is 37.8 Å². The van der Waals surface area contributed by atoms with Gasteiger partial charge in [-0.15, -0.1) is 0 Å². The number of aryl methyl sites for hydroxylation is 2. The zero-order chi connectivity index (χ0) is 15.6. The Morgan fingerprint density at radius 2 is 1.57 bits per heavy atom. The molecule has 0 saturated heterocycles. The number of aromatic nitrogens is 2. The monoisotopic (exact) mass is 291 g/mol. The molecular formula is C16H19F2N3. The number of likely N-dealkylation sites (N-methyl/N-ethyl adjacent to an activating group) is 1. The molecule has 0 amide bonds. The van der Waals surface area contributed by atoms with Crippen molar-refractivity contribution in [1.29, 1.82) is 0 Å². The van der Waals surface area contributed by atoms with E-state index in [2.05, 4.69) is 22.2 Å². The Hall–Kier alpha value is -1.88. The third-order valence-electron chi connectivity index (χ3n) is 3.45. The number of nitrogens with zero attached hydrogens (tertiary/aromatic N) is 2. The van der Waals surface area contributed by atoms with Gasteiger partial charge < -0.3 is 5.32 Å². The summed E-state index contributed by atoms with van der Waals surface area (Å²) >= 11 is 0. The van der Waals surface area contributed by atoms with Crippen molar-refractivity contribution in [2.24, 2.45) is 0 Å². The summed E-state index contributed by atoms with van der Waals surface area (Å²) in [4.78, 5) is 8.84. The highest BCUT2D eigenvalue weighted by molar-refractivity contribution is 5.56. The maximum absolute atomic E-state index is 13.3.